The lowest BCUT2D eigenvalue weighted by Crippen LogP contribution is -2.36. The van der Waals surface area contributed by atoms with Crippen molar-refractivity contribution in [3.63, 3.8) is 0 Å². The van der Waals surface area contributed by atoms with Gasteiger partial charge in [0.05, 0.1) is 6.54 Å². The highest BCUT2D eigenvalue weighted by atomic mass is 35.5. The number of hydrogen-bond donors (Lipinski definition) is 1. The molecule has 0 aromatic carbocycles. The highest BCUT2D eigenvalue weighted by Crippen LogP contribution is 2.32. The molecule has 0 saturated heterocycles. The van der Waals surface area contributed by atoms with Crippen LogP contribution in [-0.4, -0.2) is 31.3 Å². The minimum absolute atomic E-state index is 0.0808. The third-order valence-electron chi connectivity index (χ3n) is 3.10. The first-order chi connectivity index (χ1) is 9.88. The molecule has 0 bridgehead atoms. The molecule has 7 nitrogen and oxygen atoms in total. The van der Waals surface area contributed by atoms with Gasteiger partial charge in [-0.3, -0.25) is 0 Å². The fourth-order valence-electron chi connectivity index (χ4n) is 2.14. The van der Waals surface area contributed by atoms with Gasteiger partial charge in [-0.15, -0.1) is 10.2 Å². The second-order valence-electron chi connectivity index (χ2n) is 4.41. The molecule has 0 unspecified atom stereocenters. The molecule has 0 atom stereocenters. The summed E-state index contributed by atoms with van der Waals surface area (Å²) in [4.78, 5) is 9.44. The number of fused-ring (bicyclic) bond motifs is 1. The molecule has 2 N–H and O–H groups in total. The average Bonchev–Trinajstić information content (AvgIpc) is 2.84. The highest BCUT2D eigenvalue weighted by Gasteiger charge is 2.39. The fraction of sp³-hybridized carbons (Fsp3) is 0.400. The van der Waals surface area contributed by atoms with E-state index in [9.17, 15) is 13.2 Å². The van der Waals surface area contributed by atoms with Crippen LogP contribution in [0.25, 0.3) is 0 Å². The standard InChI is InChI=1S/C10H9ClF3N7/c11-6-7(15)16-4-17-8(6)20-1-2-21-5(3-20)18-19-9(21)10(12,13)14/h4H,1-3H2,(H2,15,16,17). The van der Waals surface area contributed by atoms with Crippen molar-refractivity contribution in [3.05, 3.63) is 23.0 Å². The fourth-order valence-corrected chi connectivity index (χ4v) is 2.36. The molecule has 0 fully saturated rings. The second kappa shape index (κ2) is 4.72. The van der Waals surface area contributed by atoms with Gasteiger partial charge >= 0.3 is 6.18 Å². The number of aromatic nitrogens is 5. The molecule has 3 rings (SSSR count). The maximum absolute atomic E-state index is 12.8. The van der Waals surface area contributed by atoms with Crippen LogP contribution in [0.5, 0.6) is 0 Å². The van der Waals surface area contributed by atoms with E-state index in [1.165, 1.54) is 6.33 Å². The van der Waals surface area contributed by atoms with Crippen molar-refractivity contribution >= 4 is 23.2 Å². The Morgan fingerprint density at radius 2 is 1.95 bits per heavy atom. The van der Waals surface area contributed by atoms with Crippen LogP contribution in [0.2, 0.25) is 5.02 Å². The second-order valence-corrected chi connectivity index (χ2v) is 4.79. The molecular formula is C10H9ClF3N7. The first-order valence-corrected chi connectivity index (χ1v) is 6.26. The highest BCUT2D eigenvalue weighted by molar-refractivity contribution is 6.35. The summed E-state index contributed by atoms with van der Waals surface area (Å²) < 4.78 is 39.3. The monoisotopic (exact) mass is 319 g/mol. The molecule has 1 aliphatic heterocycles. The number of anilines is 2. The number of nitrogen functional groups attached to an aromatic ring is 1. The van der Waals surface area contributed by atoms with E-state index in [1.54, 1.807) is 4.90 Å². The Balaban J connectivity index is 1.92. The molecule has 21 heavy (non-hydrogen) atoms. The van der Waals surface area contributed by atoms with Gasteiger partial charge in [-0.25, -0.2) is 9.97 Å². The SMILES string of the molecule is Nc1ncnc(N2CCn3c(nnc3C(F)(F)F)C2)c1Cl. The topological polar surface area (TPSA) is 85.8 Å². The number of hydrogen-bond acceptors (Lipinski definition) is 6. The maximum Gasteiger partial charge on any atom is 0.451 e. The van der Waals surface area contributed by atoms with E-state index in [0.717, 1.165) is 4.57 Å². The zero-order chi connectivity index (χ0) is 15.2. The van der Waals surface area contributed by atoms with Gasteiger partial charge in [-0.1, -0.05) is 11.6 Å². The van der Waals surface area contributed by atoms with Gasteiger partial charge in [0.25, 0.3) is 0 Å². The predicted molar refractivity (Wildman–Crippen MR) is 67.5 cm³/mol. The van der Waals surface area contributed by atoms with Crippen LogP contribution in [0.3, 0.4) is 0 Å². The molecule has 2 aromatic heterocycles. The van der Waals surface area contributed by atoms with Crippen LogP contribution in [0.15, 0.2) is 6.33 Å². The van der Waals surface area contributed by atoms with Crippen molar-refractivity contribution < 1.29 is 13.2 Å². The Labute approximate surface area is 121 Å². The minimum atomic E-state index is -4.52. The Morgan fingerprint density at radius 1 is 1.19 bits per heavy atom. The molecular weight excluding hydrogens is 311 g/mol. The van der Waals surface area contributed by atoms with E-state index in [4.69, 9.17) is 17.3 Å². The lowest BCUT2D eigenvalue weighted by Gasteiger charge is -2.29. The largest absolute Gasteiger partial charge is 0.451 e. The number of nitrogens with two attached hydrogens (primary N) is 1. The van der Waals surface area contributed by atoms with Crippen molar-refractivity contribution in [2.24, 2.45) is 0 Å². The van der Waals surface area contributed by atoms with E-state index in [2.05, 4.69) is 20.2 Å². The van der Waals surface area contributed by atoms with Crippen LogP contribution < -0.4 is 10.6 Å². The molecule has 0 amide bonds. The van der Waals surface area contributed by atoms with Gasteiger partial charge in [0.1, 0.15) is 17.2 Å². The van der Waals surface area contributed by atoms with Crippen molar-refractivity contribution in [2.45, 2.75) is 19.3 Å². The van der Waals surface area contributed by atoms with Crippen molar-refractivity contribution in [1.82, 2.24) is 24.7 Å². The van der Waals surface area contributed by atoms with E-state index in [0.29, 0.717) is 5.82 Å². The number of nitrogens with zero attached hydrogens (tertiary/aromatic N) is 6. The Morgan fingerprint density at radius 3 is 2.67 bits per heavy atom. The van der Waals surface area contributed by atoms with E-state index < -0.39 is 12.0 Å². The smallest absolute Gasteiger partial charge is 0.382 e. The molecule has 11 heteroatoms. The van der Waals surface area contributed by atoms with Crippen molar-refractivity contribution in [1.29, 1.82) is 0 Å². The molecule has 0 radical (unpaired) electrons. The lowest BCUT2D eigenvalue weighted by atomic mass is 10.3. The van der Waals surface area contributed by atoms with Gasteiger partial charge in [-0.05, 0) is 0 Å². The summed E-state index contributed by atoms with van der Waals surface area (Å²) in [5.41, 5.74) is 5.59. The van der Waals surface area contributed by atoms with E-state index >= 15 is 0 Å². The van der Waals surface area contributed by atoms with Gasteiger partial charge in [0, 0.05) is 13.1 Å². The van der Waals surface area contributed by atoms with Crippen molar-refractivity contribution in [3.8, 4) is 0 Å². The van der Waals surface area contributed by atoms with Crippen LogP contribution >= 0.6 is 11.6 Å². The van der Waals surface area contributed by atoms with Gasteiger partial charge < -0.3 is 15.2 Å². The quantitative estimate of drug-likeness (QED) is 0.853. The first kappa shape index (κ1) is 13.9. The predicted octanol–water partition coefficient (Wildman–Crippen LogP) is 1.34. The number of alkyl halides is 3. The summed E-state index contributed by atoms with van der Waals surface area (Å²) in [6.45, 7) is 0.473. The minimum Gasteiger partial charge on any atom is -0.382 e. The van der Waals surface area contributed by atoms with Crippen LogP contribution in [0.4, 0.5) is 24.8 Å². The molecule has 1 aliphatic rings. The molecule has 2 aromatic rings. The van der Waals surface area contributed by atoms with Crippen molar-refractivity contribution in [2.75, 3.05) is 17.2 Å². The average molecular weight is 320 g/mol. The Hall–Kier alpha value is -2.10. The molecule has 3 heterocycles. The van der Waals surface area contributed by atoms with Crippen LogP contribution in [-0.2, 0) is 19.3 Å². The number of rotatable bonds is 1. The summed E-state index contributed by atoms with van der Waals surface area (Å²) in [6.07, 6.45) is -3.28. The zero-order valence-corrected chi connectivity index (χ0v) is 11.2. The van der Waals surface area contributed by atoms with Crippen LogP contribution in [0, 0.1) is 0 Å². The van der Waals surface area contributed by atoms with E-state index in [1.807, 2.05) is 0 Å². The van der Waals surface area contributed by atoms with E-state index in [-0.39, 0.29) is 36.3 Å². The van der Waals surface area contributed by atoms with Gasteiger partial charge in [0.15, 0.2) is 11.6 Å². The summed E-state index contributed by atoms with van der Waals surface area (Å²) in [5.74, 6) is -0.316. The molecule has 0 aliphatic carbocycles. The third kappa shape index (κ3) is 2.35. The molecule has 0 saturated carbocycles. The maximum atomic E-state index is 12.8. The summed E-state index contributed by atoms with van der Waals surface area (Å²) >= 11 is 6.02. The Kier molecular flexibility index (Phi) is 3.12. The first-order valence-electron chi connectivity index (χ1n) is 5.88. The summed E-state index contributed by atoms with van der Waals surface area (Å²) in [6, 6.07) is 0. The van der Waals surface area contributed by atoms with Crippen LogP contribution in [0.1, 0.15) is 11.6 Å². The van der Waals surface area contributed by atoms with Gasteiger partial charge in [-0.2, -0.15) is 13.2 Å². The summed E-state index contributed by atoms with van der Waals surface area (Å²) in [5, 5.41) is 6.96. The summed E-state index contributed by atoms with van der Waals surface area (Å²) in [7, 11) is 0. The lowest BCUT2D eigenvalue weighted by molar-refractivity contribution is -0.147. The zero-order valence-electron chi connectivity index (χ0n) is 10.5. The third-order valence-corrected chi connectivity index (χ3v) is 3.47. The molecule has 0 spiro atoms. The Bertz CT molecular complexity index is 684. The van der Waals surface area contributed by atoms with Gasteiger partial charge in [0.2, 0.25) is 5.82 Å². The number of halogens is 4. The normalized spacial score (nSPS) is 15.1. The molecule has 112 valence electrons.